The Kier molecular flexibility index (Phi) is 7.33. The second-order valence-corrected chi connectivity index (χ2v) is 9.90. The van der Waals surface area contributed by atoms with E-state index in [-0.39, 0.29) is 10.1 Å². The standard InChI is InChI=1S/C25H17Cl3F2N2O2S/c1-25(28)12-19(31-24(35)32-23(33)22-17(29)7-4-8-18(22)30)16(27)11-21(25)34-20-10-9-15(26)13-5-2-3-6-14(13)20/h2-12,21H,1H3,(H2,31,32,33,35). The third-order valence-corrected chi connectivity index (χ3v) is 6.48. The van der Waals surface area contributed by atoms with Crippen LogP contribution in [0.2, 0.25) is 5.02 Å². The number of rotatable bonds is 4. The van der Waals surface area contributed by atoms with Crippen molar-refractivity contribution in [2.45, 2.75) is 17.9 Å². The molecule has 0 aliphatic heterocycles. The highest BCUT2D eigenvalue weighted by Gasteiger charge is 2.36. The molecule has 0 bridgehead atoms. The Hall–Kier alpha value is -2.71. The van der Waals surface area contributed by atoms with E-state index in [0.717, 1.165) is 29.0 Å². The molecule has 1 aliphatic carbocycles. The summed E-state index contributed by atoms with van der Waals surface area (Å²) in [6.07, 6.45) is 2.52. The topological polar surface area (TPSA) is 50.4 Å². The number of halogens is 5. The molecule has 1 aliphatic rings. The van der Waals surface area contributed by atoms with Gasteiger partial charge in [-0.25, -0.2) is 8.78 Å². The summed E-state index contributed by atoms with van der Waals surface area (Å²) in [6.45, 7) is 1.72. The Morgan fingerprint density at radius 2 is 1.69 bits per heavy atom. The van der Waals surface area contributed by atoms with E-state index in [9.17, 15) is 13.6 Å². The Morgan fingerprint density at radius 3 is 2.37 bits per heavy atom. The molecule has 0 saturated heterocycles. The average molecular weight is 554 g/mol. The van der Waals surface area contributed by atoms with Gasteiger partial charge in [-0.05, 0) is 55.6 Å². The molecule has 180 valence electrons. The zero-order chi connectivity index (χ0) is 25.3. The van der Waals surface area contributed by atoms with Gasteiger partial charge < -0.3 is 10.1 Å². The highest BCUT2D eigenvalue weighted by atomic mass is 35.5. The summed E-state index contributed by atoms with van der Waals surface area (Å²) in [5.41, 5.74) is -0.453. The quantitative estimate of drug-likeness (QED) is 0.274. The molecule has 3 aromatic carbocycles. The van der Waals surface area contributed by atoms with Crippen molar-refractivity contribution in [2.24, 2.45) is 0 Å². The van der Waals surface area contributed by atoms with Gasteiger partial charge in [0, 0.05) is 15.8 Å². The van der Waals surface area contributed by atoms with Crippen molar-refractivity contribution in [3.63, 3.8) is 0 Å². The lowest BCUT2D eigenvalue weighted by atomic mass is 9.96. The molecule has 0 saturated carbocycles. The lowest BCUT2D eigenvalue weighted by Crippen LogP contribution is -2.43. The average Bonchev–Trinajstić information content (AvgIpc) is 2.78. The highest BCUT2D eigenvalue weighted by Crippen LogP contribution is 2.38. The summed E-state index contributed by atoms with van der Waals surface area (Å²) < 4.78 is 33.9. The van der Waals surface area contributed by atoms with Gasteiger partial charge in [0.25, 0.3) is 5.91 Å². The maximum atomic E-state index is 13.9. The van der Waals surface area contributed by atoms with Gasteiger partial charge in [0.1, 0.15) is 33.9 Å². The van der Waals surface area contributed by atoms with Crippen LogP contribution in [0.5, 0.6) is 5.75 Å². The smallest absolute Gasteiger partial charge is 0.263 e. The summed E-state index contributed by atoms with van der Waals surface area (Å²) in [6, 6.07) is 14.1. The van der Waals surface area contributed by atoms with Crippen LogP contribution < -0.4 is 15.4 Å². The molecular weight excluding hydrogens is 537 g/mol. The minimum atomic E-state index is -1.07. The zero-order valence-corrected chi connectivity index (χ0v) is 21.1. The fraction of sp³-hybridized carbons (Fsp3) is 0.120. The molecule has 10 heteroatoms. The first-order valence-electron chi connectivity index (χ1n) is 10.3. The molecule has 3 aromatic rings. The second kappa shape index (κ2) is 10.1. The van der Waals surface area contributed by atoms with E-state index in [0.29, 0.717) is 16.5 Å². The van der Waals surface area contributed by atoms with Crippen LogP contribution in [0.15, 0.2) is 77.5 Å². The highest BCUT2D eigenvalue weighted by molar-refractivity contribution is 7.80. The maximum absolute atomic E-state index is 13.9. The van der Waals surface area contributed by atoms with E-state index in [4.69, 9.17) is 51.8 Å². The fourth-order valence-electron chi connectivity index (χ4n) is 3.57. The molecule has 4 nitrogen and oxygen atoms in total. The van der Waals surface area contributed by atoms with Gasteiger partial charge in [-0.1, -0.05) is 53.5 Å². The summed E-state index contributed by atoms with van der Waals surface area (Å²) in [4.78, 5) is 11.2. The summed E-state index contributed by atoms with van der Waals surface area (Å²) in [5.74, 6) is -2.49. The van der Waals surface area contributed by atoms with Crippen LogP contribution in [0.3, 0.4) is 0 Å². The van der Waals surface area contributed by atoms with Crippen molar-refractivity contribution < 1.29 is 18.3 Å². The van der Waals surface area contributed by atoms with E-state index in [1.54, 1.807) is 31.2 Å². The number of carbonyl (C=O) groups excluding carboxylic acids is 1. The summed E-state index contributed by atoms with van der Waals surface area (Å²) in [7, 11) is 0. The van der Waals surface area contributed by atoms with Gasteiger partial charge in [-0.3, -0.25) is 10.1 Å². The number of amides is 1. The van der Waals surface area contributed by atoms with Crippen molar-refractivity contribution in [2.75, 3.05) is 0 Å². The zero-order valence-electron chi connectivity index (χ0n) is 18.0. The van der Waals surface area contributed by atoms with Crippen LogP contribution in [0, 0.1) is 11.6 Å². The molecule has 0 heterocycles. The summed E-state index contributed by atoms with van der Waals surface area (Å²) in [5, 5.41) is 7.23. The fourth-order valence-corrected chi connectivity index (χ4v) is 4.44. The largest absolute Gasteiger partial charge is 0.483 e. The summed E-state index contributed by atoms with van der Waals surface area (Å²) >= 11 is 24.6. The van der Waals surface area contributed by atoms with Crippen molar-refractivity contribution >= 4 is 68.8 Å². The van der Waals surface area contributed by atoms with Crippen molar-refractivity contribution in [1.82, 2.24) is 10.6 Å². The van der Waals surface area contributed by atoms with Crippen LogP contribution in [-0.2, 0) is 0 Å². The van der Waals surface area contributed by atoms with Crippen LogP contribution in [0.1, 0.15) is 17.3 Å². The van der Waals surface area contributed by atoms with E-state index < -0.39 is 34.1 Å². The normalized spacial score (nSPS) is 19.5. The van der Waals surface area contributed by atoms with Crippen LogP contribution in [0.4, 0.5) is 8.78 Å². The molecular formula is C25H17Cl3F2N2O2S. The predicted octanol–water partition coefficient (Wildman–Crippen LogP) is 6.84. The Bertz CT molecular complexity index is 1390. The lowest BCUT2D eigenvalue weighted by Gasteiger charge is -2.33. The second-order valence-electron chi connectivity index (χ2n) is 7.86. The lowest BCUT2D eigenvalue weighted by molar-refractivity contribution is 0.0968. The number of thiocarbonyl (C=S) groups is 1. The Balaban J connectivity index is 1.50. The molecule has 2 N–H and O–H groups in total. The van der Waals surface area contributed by atoms with Crippen molar-refractivity contribution in [3.8, 4) is 5.75 Å². The number of hydrogen-bond acceptors (Lipinski definition) is 3. The van der Waals surface area contributed by atoms with Crippen molar-refractivity contribution in [3.05, 3.63) is 99.7 Å². The number of alkyl halides is 1. The van der Waals surface area contributed by atoms with Crippen molar-refractivity contribution in [1.29, 1.82) is 0 Å². The van der Waals surface area contributed by atoms with Gasteiger partial charge in [-0.2, -0.15) is 0 Å². The number of hydrogen-bond donors (Lipinski definition) is 2. The van der Waals surface area contributed by atoms with E-state index >= 15 is 0 Å². The van der Waals surface area contributed by atoms with Gasteiger partial charge in [0.05, 0.1) is 10.7 Å². The number of carbonyl (C=O) groups is 1. The molecule has 0 aromatic heterocycles. The minimum Gasteiger partial charge on any atom is -0.483 e. The maximum Gasteiger partial charge on any atom is 0.263 e. The predicted molar refractivity (Wildman–Crippen MR) is 139 cm³/mol. The molecule has 4 rings (SSSR count). The van der Waals surface area contributed by atoms with E-state index in [1.165, 1.54) is 0 Å². The molecule has 2 atom stereocenters. The first-order chi connectivity index (χ1) is 16.6. The van der Waals surface area contributed by atoms with Crippen LogP contribution >= 0.6 is 47.0 Å². The SMILES string of the molecule is CC1(Cl)C=C(NC(=S)NC(=O)c2c(F)cccc2F)C(Cl)=CC1Oc1ccc(Cl)c2ccccc12. The first kappa shape index (κ1) is 25.4. The third kappa shape index (κ3) is 5.43. The van der Waals surface area contributed by atoms with Gasteiger partial charge >= 0.3 is 0 Å². The molecule has 0 spiro atoms. The van der Waals surface area contributed by atoms with Crippen LogP contribution in [0.25, 0.3) is 10.8 Å². The molecule has 0 fully saturated rings. The van der Waals surface area contributed by atoms with Gasteiger partial charge in [-0.15, -0.1) is 11.6 Å². The monoisotopic (exact) mass is 552 g/mol. The van der Waals surface area contributed by atoms with Gasteiger partial charge in [0.2, 0.25) is 0 Å². The molecule has 35 heavy (non-hydrogen) atoms. The number of nitrogens with one attached hydrogen (secondary N) is 2. The van der Waals surface area contributed by atoms with Crippen LogP contribution in [-0.4, -0.2) is 22.0 Å². The van der Waals surface area contributed by atoms with E-state index in [1.807, 2.05) is 24.3 Å². The molecule has 2 unspecified atom stereocenters. The number of allylic oxidation sites excluding steroid dienone is 1. The number of benzene rings is 3. The Morgan fingerprint density at radius 1 is 1.03 bits per heavy atom. The number of fused-ring (bicyclic) bond motifs is 1. The third-order valence-electron chi connectivity index (χ3n) is 5.29. The van der Waals surface area contributed by atoms with Gasteiger partial charge in [0.15, 0.2) is 5.11 Å². The minimum absolute atomic E-state index is 0.217. The Labute approximate surface area is 220 Å². The molecule has 0 radical (unpaired) electrons. The first-order valence-corrected chi connectivity index (χ1v) is 11.8. The molecule has 1 amide bonds. The van der Waals surface area contributed by atoms with E-state index in [2.05, 4.69) is 10.6 Å². The number of ether oxygens (including phenoxy) is 1.